The molecule has 0 aliphatic rings. The molecule has 0 fully saturated rings. The zero-order valence-electron chi connectivity index (χ0n) is 12.2. The van der Waals surface area contributed by atoms with Crippen molar-refractivity contribution in [3.05, 3.63) is 29.8 Å². The van der Waals surface area contributed by atoms with Crippen molar-refractivity contribution >= 4 is 5.91 Å². The van der Waals surface area contributed by atoms with Crippen LogP contribution >= 0.6 is 0 Å². The number of methoxy groups -OCH3 is 1. The van der Waals surface area contributed by atoms with E-state index in [9.17, 15) is 4.79 Å². The lowest BCUT2D eigenvalue weighted by atomic mass is 10.1. The van der Waals surface area contributed by atoms with Crippen molar-refractivity contribution in [1.82, 2.24) is 10.6 Å². The third kappa shape index (κ3) is 5.30. The molecule has 1 aromatic rings. The van der Waals surface area contributed by atoms with Gasteiger partial charge in [-0.3, -0.25) is 4.79 Å². The summed E-state index contributed by atoms with van der Waals surface area (Å²) in [4.78, 5) is 11.8. The average Bonchev–Trinajstić information content (AvgIpc) is 2.44. The molecular formula is C15H24N2O2. The highest BCUT2D eigenvalue weighted by Crippen LogP contribution is 2.16. The summed E-state index contributed by atoms with van der Waals surface area (Å²) in [5.74, 6) is 0.837. The molecule has 1 amide bonds. The molecular weight excluding hydrogens is 240 g/mol. The molecule has 0 saturated carbocycles. The molecule has 2 atom stereocenters. The molecule has 0 aliphatic carbocycles. The van der Waals surface area contributed by atoms with E-state index in [1.807, 2.05) is 31.2 Å². The Morgan fingerprint density at radius 1 is 1.26 bits per heavy atom. The molecule has 2 unspecified atom stereocenters. The van der Waals surface area contributed by atoms with Crippen LogP contribution in [0.5, 0.6) is 5.75 Å². The number of hydrogen-bond donors (Lipinski definition) is 2. The molecule has 0 aliphatic heterocycles. The summed E-state index contributed by atoms with van der Waals surface area (Å²) in [6.07, 6.45) is 1.02. The van der Waals surface area contributed by atoms with Gasteiger partial charge in [-0.05, 0) is 38.0 Å². The SMILES string of the molecule is CCC(C)NCC(=O)NC(C)c1ccc(OC)cc1. The predicted octanol–water partition coefficient (Wildman–Crippen LogP) is 2.26. The lowest BCUT2D eigenvalue weighted by molar-refractivity contribution is -0.121. The molecule has 106 valence electrons. The summed E-state index contributed by atoms with van der Waals surface area (Å²) >= 11 is 0. The van der Waals surface area contributed by atoms with Crippen LogP contribution in [0.25, 0.3) is 0 Å². The first-order valence-electron chi connectivity index (χ1n) is 6.73. The summed E-state index contributed by atoms with van der Waals surface area (Å²) in [7, 11) is 1.64. The summed E-state index contributed by atoms with van der Waals surface area (Å²) in [5, 5.41) is 6.15. The number of rotatable bonds is 7. The van der Waals surface area contributed by atoms with E-state index in [0.717, 1.165) is 17.7 Å². The second-order valence-electron chi connectivity index (χ2n) is 4.75. The summed E-state index contributed by atoms with van der Waals surface area (Å²) in [5.41, 5.74) is 1.07. The van der Waals surface area contributed by atoms with Gasteiger partial charge in [0.15, 0.2) is 0 Å². The van der Waals surface area contributed by atoms with Gasteiger partial charge < -0.3 is 15.4 Å². The minimum absolute atomic E-state index is 0.00265. The minimum Gasteiger partial charge on any atom is -0.497 e. The number of amides is 1. The molecule has 0 spiro atoms. The third-order valence-corrected chi connectivity index (χ3v) is 3.22. The van der Waals surface area contributed by atoms with Gasteiger partial charge in [-0.15, -0.1) is 0 Å². The fourth-order valence-corrected chi connectivity index (χ4v) is 1.68. The van der Waals surface area contributed by atoms with Gasteiger partial charge in [0, 0.05) is 6.04 Å². The Morgan fingerprint density at radius 3 is 2.42 bits per heavy atom. The fourth-order valence-electron chi connectivity index (χ4n) is 1.68. The Labute approximate surface area is 115 Å². The number of carbonyl (C=O) groups is 1. The Morgan fingerprint density at radius 2 is 1.89 bits per heavy atom. The van der Waals surface area contributed by atoms with E-state index in [4.69, 9.17) is 4.74 Å². The van der Waals surface area contributed by atoms with E-state index in [1.165, 1.54) is 0 Å². The second kappa shape index (κ2) is 7.79. The molecule has 0 radical (unpaired) electrons. The van der Waals surface area contributed by atoms with Crippen LogP contribution in [-0.4, -0.2) is 25.6 Å². The maximum atomic E-state index is 11.8. The monoisotopic (exact) mass is 264 g/mol. The average molecular weight is 264 g/mol. The zero-order chi connectivity index (χ0) is 14.3. The van der Waals surface area contributed by atoms with Crippen molar-refractivity contribution in [3.63, 3.8) is 0 Å². The summed E-state index contributed by atoms with van der Waals surface area (Å²) in [6, 6.07) is 8.09. The summed E-state index contributed by atoms with van der Waals surface area (Å²) in [6.45, 7) is 6.49. The van der Waals surface area contributed by atoms with E-state index in [-0.39, 0.29) is 11.9 Å². The first-order chi connectivity index (χ1) is 9.06. The number of nitrogens with one attached hydrogen (secondary N) is 2. The fraction of sp³-hybridized carbons (Fsp3) is 0.533. The van der Waals surface area contributed by atoms with Crippen molar-refractivity contribution in [2.24, 2.45) is 0 Å². The Kier molecular flexibility index (Phi) is 6.36. The van der Waals surface area contributed by atoms with Crippen molar-refractivity contribution in [2.45, 2.75) is 39.3 Å². The number of benzene rings is 1. The molecule has 4 nitrogen and oxygen atoms in total. The van der Waals surface area contributed by atoms with Crippen molar-refractivity contribution in [2.75, 3.05) is 13.7 Å². The largest absolute Gasteiger partial charge is 0.497 e. The topological polar surface area (TPSA) is 50.4 Å². The van der Waals surface area contributed by atoms with E-state index < -0.39 is 0 Å². The van der Waals surface area contributed by atoms with Crippen molar-refractivity contribution < 1.29 is 9.53 Å². The van der Waals surface area contributed by atoms with Crippen LogP contribution in [0.1, 0.15) is 38.8 Å². The van der Waals surface area contributed by atoms with Gasteiger partial charge in [0.2, 0.25) is 5.91 Å². The van der Waals surface area contributed by atoms with Crippen LogP contribution in [-0.2, 0) is 4.79 Å². The highest BCUT2D eigenvalue weighted by molar-refractivity contribution is 5.78. The molecule has 19 heavy (non-hydrogen) atoms. The molecule has 0 heterocycles. The van der Waals surface area contributed by atoms with Gasteiger partial charge in [-0.1, -0.05) is 19.1 Å². The molecule has 1 rings (SSSR count). The molecule has 4 heteroatoms. The molecule has 1 aromatic carbocycles. The minimum atomic E-state index is -0.00265. The van der Waals surface area contributed by atoms with Crippen LogP contribution < -0.4 is 15.4 Å². The van der Waals surface area contributed by atoms with Crippen LogP contribution in [0, 0.1) is 0 Å². The smallest absolute Gasteiger partial charge is 0.234 e. The van der Waals surface area contributed by atoms with Crippen LogP contribution in [0.3, 0.4) is 0 Å². The van der Waals surface area contributed by atoms with Gasteiger partial charge in [0.25, 0.3) is 0 Å². The van der Waals surface area contributed by atoms with E-state index in [1.54, 1.807) is 7.11 Å². The first kappa shape index (κ1) is 15.5. The predicted molar refractivity (Wildman–Crippen MR) is 77.3 cm³/mol. The van der Waals surface area contributed by atoms with Crippen LogP contribution in [0.4, 0.5) is 0 Å². The zero-order valence-corrected chi connectivity index (χ0v) is 12.2. The third-order valence-electron chi connectivity index (χ3n) is 3.22. The summed E-state index contributed by atoms with van der Waals surface area (Å²) < 4.78 is 5.11. The van der Waals surface area contributed by atoms with E-state index in [0.29, 0.717) is 12.6 Å². The highest BCUT2D eigenvalue weighted by atomic mass is 16.5. The lowest BCUT2D eigenvalue weighted by Crippen LogP contribution is -2.38. The quantitative estimate of drug-likeness (QED) is 0.794. The van der Waals surface area contributed by atoms with Gasteiger partial charge in [0.05, 0.1) is 19.7 Å². The maximum absolute atomic E-state index is 11.8. The van der Waals surface area contributed by atoms with Gasteiger partial charge in [-0.2, -0.15) is 0 Å². The lowest BCUT2D eigenvalue weighted by Gasteiger charge is -2.16. The molecule has 0 aromatic heterocycles. The normalized spacial score (nSPS) is 13.7. The highest BCUT2D eigenvalue weighted by Gasteiger charge is 2.10. The molecule has 0 saturated heterocycles. The standard InChI is InChI=1S/C15H24N2O2/c1-5-11(2)16-10-15(18)17-12(3)13-6-8-14(19-4)9-7-13/h6-9,11-12,16H,5,10H2,1-4H3,(H,17,18). The number of ether oxygens (including phenoxy) is 1. The number of hydrogen-bond acceptors (Lipinski definition) is 3. The van der Waals surface area contributed by atoms with Crippen molar-refractivity contribution in [1.29, 1.82) is 0 Å². The van der Waals surface area contributed by atoms with Crippen molar-refractivity contribution in [3.8, 4) is 5.75 Å². The van der Waals surface area contributed by atoms with E-state index >= 15 is 0 Å². The Bertz CT molecular complexity index is 390. The Balaban J connectivity index is 2.44. The number of carbonyl (C=O) groups excluding carboxylic acids is 1. The second-order valence-corrected chi connectivity index (χ2v) is 4.75. The Hall–Kier alpha value is -1.55. The van der Waals surface area contributed by atoms with Crippen LogP contribution in [0.15, 0.2) is 24.3 Å². The van der Waals surface area contributed by atoms with Gasteiger partial charge in [-0.25, -0.2) is 0 Å². The maximum Gasteiger partial charge on any atom is 0.234 e. The van der Waals surface area contributed by atoms with Gasteiger partial charge in [0.1, 0.15) is 5.75 Å². The first-order valence-corrected chi connectivity index (χ1v) is 6.73. The molecule has 0 bridgehead atoms. The van der Waals surface area contributed by atoms with Crippen LogP contribution in [0.2, 0.25) is 0 Å². The van der Waals surface area contributed by atoms with Gasteiger partial charge >= 0.3 is 0 Å². The van der Waals surface area contributed by atoms with E-state index in [2.05, 4.69) is 24.5 Å². The molecule has 2 N–H and O–H groups in total.